The van der Waals surface area contributed by atoms with Crippen LogP contribution in [0.25, 0.3) is 11.4 Å². The van der Waals surface area contributed by atoms with Gasteiger partial charge >= 0.3 is 0 Å². The molecule has 19 heavy (non-hydrogen) atoms. The van der Waals surface area contributed by atoms with Crippen LogP contribution < -0.4 is 15.2 Å². The fourth-order valence-corrected chi connectivity index (χ4v) is 1.53. The van der Waals surface area contributed by atoms with Crippen molar-refractivity contribution >= 4 is 0 Å². The number of hydrogen-bond donors (Lipinski definition) is 1. The van der Waals surface area contributed by atoms with E-state index in [0.29, 0.717) is 18.2 Å². The lowest BCUT2D eigenvalue weighted by atomic mass is 10.2. The van der Waals surface area contributed by atoms with E-state index in [-0.39, 0.29) is 6.04 Å². The number of benzene rings is 1. The van der Waals surface area contributed by atoms with E-state index in [0.717, 1.165) is 11.3 Å². The van der Waals surface area contributed by atoms with Crippen molar-refractivity contribution in [2.24, 2.45) is 5.73 Å². The first-order valence-electron chi connectivity index (χ1n) is 6.04. The summed E-state index contributed by atoms with van der Waals surface area (Å²) in [4.78, 5) is 8.54. The summed E-state index contributed by atoms with van der Waals surface area (Å²) < 4.78 is 10.6. The van der Waals surface area contributed by atoms with Crippen LogP contribution in [-0.2, 0) is 0 Å². The first kappa shape index (κ1) is 13.3. The van der Waals surface area contributed by atoms with Gasteiger partial charge in [-0.05, 0) is 19.1 Å². The first-order valence-corrected chi connectivity index (χ1v) is 6.04. The molecule has 0 aliphatic rings. The quantitative estimate of drug-likeness (QED) is 0.887. The molecule has 2 rings (SSSR count). The summed E-state index contributed by atoms with van der Waals surface area (Å²) in [5.41, 5.74) is 6.51. The summed E-state index contributed by atoms with van der Waals surface area (Å²) in [6.45, 7) is 2.33. The number of nitrogens with two attached hydrogens (primary N) is 1. The molecule has 5 nitrogen and oxygen atoms in total. The van der Waals surface area contributed by atoms with E-state index >= 15 is 0 Å². The molecule has 1 aromatic heterocycles. The molecule has 0 fully saturated rings. The number of aromatic nitrogens is 2. The predicted molar refractivity (Wildman–Crippen MR) is 73.2 cm³/mol. The highest BCUT2D eigenvalue weighted by Crippen LogP contribution is 2.21. The summed E-state index contributed by atoms with van der Waals surface area (Å²) >= 11 is 0. The zero-order chi connectivity index (χ0) is 13.7. The molecular weight excluding hydrogens is 242 g/mol. The molecule has 0 amide bonds. The van der Waals surface area contributed by atoms with Crippen LogP contribution in [0.2, 0.25) is 0 Å². The van der Waals surface area contributed by atoms with Gasteiger partial charge in [-0.25, -0.2) is 9.97 Å². The molecule has 1 heterocycles. The standard InChI is InChI=1S/C14H17N3O2/c1-10(15)9-19-13-7-16-14(17-8-13)11-4-3-5-12(6-11)18-2/h3-8,10H,9,15H2,1-2H3. The van der Waals surface area contributed by atoms with Crippen LogP contribution in [0, 0.1) is 0 Å². The van der Waals surface area contributed by atoms with Gasteiger partial charge in [0.1, 0.15) is 12.4 Å². The summed E-state index contributed by atoms with van der Waals surface area (Å²) in [5.74, 6) is 2.02. The third kappa shape index (κ3) is 3.66. The Morgan fingerprint density at radius 2 is 1.95 bits per heavy atom. The van der Waals surface area contributed by atoms with Crippen LogP contribution in [0.5, 0.6) is 11.5 Å². The maximum atomic E-state index is 5.61. The molecule has 1 aromatic carbocycles. The van der Waals surface area contributed by atoms with Crippen molar-refractivity contribution in [3.05, 3.63) is 36.7 Å². The van der Waals surface area contributed by atoms with Gasteiger partial charge in [0.25, 0.3) is 0 Å². The molecule has 2 N–H and O–H groups in total. The SMILES string of the molecule is COc1cccc(-c2ncc(OCC(C)N)cn2)c1. The van der Waals surface area contributed by atoms with E-state index in [4.69, 9.17) is 15.2 Å². The second-order valence-electron chi connectivity index (χ2n) is 4.26. The van der Waals surface area contributed by atoms with Gasteiger partial charge in [-0.2, -0.15) is 0 Å². The lowest BCUT2D eigenvalue weighted by Crippen LogP contribution is -2.23. The molecule has 0 bridgehead atoms. The van der Waals surface area contributed by atoms with Gasteiger partial charge in [-0.1, -0.05) is 12.1 Å². The molecule has 100 valence electrons. The van der Waals surface area contributed by atoms with Gasteiger partial charge in [-0.15, -0.1) is 0 Å². The Morgan fingerprint density at radius 1 is 1.21 bits per heavy atom. The van der Waals surface area contributed by atoms with Gasteiger partial charge in [0.05, 0.1) is 19.5 Å². The third-order valence-corrected chi connectivity index (χ3v) is 2.47. The number of ether oxygens (including phenoxy) is 2. The molecule has 0 aliphatic carbocycles. The van der Waals surface area contributed by atoms with Gasteiger partial charge in [0.2, 0.25) is 0 Å². The Hall–Kier alpha value is -2.14. The van der Waals surface area contributed by atoms with Crippen molar-refractivity contribution in [2.75, 3.05) is 13.7 Å². The van der Waals surface area contributed by atoms with Crippen LogP contribution in [0.15, 0.2) is 36.7 Å². The molecule has 0 saturated carbocycles. The Labute approximate surface area is 112 Å². The van der Waals surface area contributed by atoms with E-state index in [2.05, 4.69) is 9.97 Å². The van der Waals surface area contributed by atoms with Crippen LogP contribution in [-0.4, -0.2) is 29.7 Å². The molecule has 5 heteroatoms. The molecule has 0 spiro atoms. The second kappa shape index (κ2) is 6.15. The number of hydrogen-bond acceptors (Lipinski definition) is 5. The maximum Gasteiger partial charge on any atom is 0.159 e. The minimum Gasteiger partial charge on any atom is -0.497 e. The van der Waals surface area contributed by atoms with E-state index < -0.39 is 0 Å². The number of nitrogens with zero attached hydrogens (tertiary/aromatic N) is 2. The average Bonchev–Trinajstić information content (AvgIpc) is 2.45. The minimum absolute atomic E-state index is 0.0157. The fraction of sp³-hybridized carbons (Fsp3) is 0.286. The summed E-state index contributed by atoms with van der Waals surface area (Å²) in [7, 11) is 1.63. The smallest absolute Gasteiger partial charge is 0.159 e. The first-order chi connectivity index (χ1) is 9.19. The van der Waals surface area contributed by atoms with Crippen molar-refractivity contribution < 1.29 is 9.47 Å². The van der Waals surface area contributed by atoms with Gasteiger partial charge in [0.15, 0.2) is 11.6 Å². The van der Waals surface area contributed by atoms with Crippen LogP contribution in [0.4, 0.5) is 0 Å². The molecule has 0 saturated heterocycles. The van der Waals surface area contributed by atoms with Gasteiger partial charge < -0.3 is 15.2 Å². The van der Waals surface area contributed by atoms with Crippen molar-refractivity contribution in [2.45, 2.75) is 13.0 Å². The average molecular weight is 259 g/mol. The Bertz CT molecular complexity index is 526. The number of methoxy groups -OCH3 is 1. The van der Waals surface area contributed by atoms with Crippen LogP contribution in [0.3, 0.4) is 0 Å². The monoisotopic (exact) mass is 259 g/mol. The predicted octanol–water partition coefficient (Wildman–Crippen LogP) is 1.88. The largest absolute Gasteiger partial charge is 0.497 e. The lowest BCUT2D eigenvalue weighted by molar-refractivity contribution is 0.294. The summed E-state index contributed by atoms with van der Waals surface area (Å²) in [6.07, 6.45) is 3.29. The highest BCUT2D eigenvalue weighted by Gasteiger charge is 2.04. The lowest BCUT2D eigenvalue weighted by Gasteiger charge is -2.08. The van der Waals surface area contributed by atoms with Crippen molar-refractivity contribution in [3.63, 3.8) is 0 Å². The van der Waals surface area contributed by atoms with Crippen molar-refractivity contribution in [1.29, 1.82) is 0 Å². The van der Waals surface area contributed by atoms with E-state index in [1.807, 2.05) is 31.2 Å². The number of rotatable bonds is 5. The zero-order valence-electron chi connectivity index (χ0n) is 11.0. The highest BCUT2D eigenvalue weighted by atomic mass is 16.5. The molecule has 1 atom stereocenters. The van der Waals surface area contributed by atoms with Gasteiger partial charge in [-0.3, -0.25) is 0 Å². The zero-order valence-corrected chi connectivity index (χ0v) is 11.0. The van der Waals surface area contributed by atoms with Gasteiger partial charge in [0, 0.05) is 11.6 Å². The molecule has 0 aliphatic heterocycles. The van der Waals surface area contributed by atoms with E-state index in [1.165, 1.54) is 0 Å². The Balaban J connectivity index is 2.13. The van der Waals surface area contributed by atoms with Crippen molar-refractivity contribution in [3.8, 4) is 22.9 Å². The van der Waals surface area contributed by atoms with E-state index in [9.17, 15) is 0 Å². The van der Waals surface area contributed by atoms with E-state index in [1.54, 1.807) is 19.5 Å². The molecule has 0 radical (unpaired) electrons. The van der Waals surface area contributed by atoms with Crippen LogP contribution >= 0.6 is 0 Å². The molecular formula is C14H17N3O2. The van der Waals surface area contributed by atoms with Crippen molar-refractivity contribution in [1.82, 2.24) is 9.97 Å². The molecule has 1 unspecified atom stereocenters. The Morgan fingerprint density at radius 3 is 2.58 bits per heavy atom. The summed E-state index contributed by atoms with van der Waals surface area (Å²) in [5, 5.41) is 0. The minimum atomic E-state index is -0.0157. The summed E-state index contributed by atoms with van der Waals surface area (Å²) in [6, 6.07) is 7.58. The molecule has 2 aromatic rings. The highest BCUT2D eigenvalue weighted by molar-refractivity contribution is 5.57. The van der Waals surface area contributed by atoms with Crippen LogP contribution in [0.1, 0.15) is 6.92 Å². The fourth-order valence-electron chi connectivity index (χ4n) is 1.53. The normalized spacial score (nSPS) is 11.9. The Kier molecular flexibility index (Phi) is 4.30. The second-order valence-corrected chi connectivity index (χ2v) is 4.26. The maximum absolute atomic E-state index is 5.61. The topological polar surface area (TPSA) is 70.3 Å². The third-order valence-electron chi connectivity index (χ3n) is 2.47.